The summed E-state index contributed by atoms with van der Waals surface area (Å²) in [4.78, 5) is 104. The first-order chi connectivity index (χ1) is 47.5. The molecule has 518 valence electrons. The number of hydrogen-bond donors (Lipinski definition) is 4. The molecule has 4 N–H and O–H groups in total. The molecule has 2 aromatic heterocycles. The third-order valence-corrected chi connectivity index (χ3v) is 18.1. The van der Waals surface area contributed by atoms with E-state index in [1.54, 1.807) is 42.5 Å². The van der Waals surface area contributed by atoms with Gasteiger partial charge in [0, 0.05) is 126 Å². The molecule has 21 nitrogen and oxygen atoms in total. The Kier molecular flexibility index (Phi) is 27.5. The van der Waals surface area contributed by atoms with Crippen LogP contribution in [0.5, 0.6) is 5.75 Å². The molecule has 6 amide bonds. The van der Waals surface area contributed by atoms with Gasteiger partial charge in [-0.05, 0) is 153 Å². The highest BCUT2D eigenvalue weighted by Gasteiger charge is 2.53. The van der Waals surface area contributed by atoms with Crippen molar-refractivity contribution < 1.29 is 70.0 Å². The van der Waals surface area contributed by atoms with Gasteiger partial charge in [-0.1, -0.05) is 36.4 Å². The second-order valence-electron chi connectivity index (χ2n) is 24.2. The highest BCUT2D eigenvalue weighted by molar-refractivity contribution is 7.12. The van der Waals surface area contributed by atoms with Crippen LogP contribution in [0.1, 0.15) is 77.9 Å². The van der Waals surface area contributed by atoms with Crippen LogP contribution in [0.4, 0.5) is 24.4 Å². The molecule has 9 rings (SSSR count). The molecular weight excluding hydrogens is 1280 g/mol. The second kappa shape index (κ2) is 36.9. The number of carbonyl (C=O) groups excluding carboxylic acids is 7. The van der Waals surface area contributed by atoms with E-state index in [0.717, 1.165) is 51.5 Å². The monoisotopic (exact) mass is 1370 g/mol. The largest absolute Gasteiger partial charge is 0.935 e. The number of amides is 6. The number of rotatable bonds is 38. The number of aromatic amines is 1. The van der Waals surface area contributed by atoms with Gasteiger partial charge in [0.25, 0.3) is 5.91 Å². The number of para-hydroxylation sites is 1. The molecule has 5 heterocycles. The van der Waals surface area contributed by atoms with E-state index < -0.39 is 12.9 Å². The van der Waals surface area contributed by atoms with Crippen molar-refractivity contribution in [3.63, 3.8) is 0 Å². The van der Waals surface area contributed by atoms with Crippen LogP contribution in [0.25, 0.3) is 17.3 Å². The van der Waals surface area contributed by atoms with E-state index in [1.807, 2.05) is 89.1 Å². The third kappa shape index (κ3) is 21.4. The molecule has 4 aromatic carbocycles. The van der Waals surface area contributed by atoms with Gasteiger partial charge < -0.3 is 64.4 Å². The molecule has 3 aliphatic rings. The summed E-state index contributed by atoms with van der Waals surface area (Å²) in [7, 11) is 0.332. The Morgan fingerprint density at radius 1 is 0.694 bits per heavy atom. The maximum atomic E-state index is 14.4. The number of benzene rings is 4. The minimum Gasteiger partial charge on any atom is -0.484 e. The first-order valence-corrected chi connectivity index (χ1v) is 34.0. The van der Waals surface area contributed by atoms with E-state index in [0.29, 0.717) is 145 Å². The van der Waals surface area contributed by atoms with Crippen LogP contribution in [0.2, 0.25) is 0 Å². The lowest BCUT2D eigenvalue weighted by Crippen LogP contribution is -2.56. The van der Waals surface area contributed by atoms with Crippen molar-refractivity contribution in [2.75, 3.05) is 130 Å². The van der Waals surface area contributed by atoms with E-state index in [-0.39, 0.29) is 79.6 Å². The Bertz CT molecular complexity index is 3720. The number of aromatic nitrogens is 1. The standard InChI is InChI=1S/C72H84BF3N10O11S/c1-81(69(91)31-30-66(88)80-57-22-14-53(15-23-57)32-38-84-52-85(59-10-4-3-5-11-59)72(71(84)93)33-39-83(40-34-72)37-6-12-64(87)55-16-20-56(74)21-17-55)49-67(89)77-35-8-41-94-43-45-96-46-44-95-42-9-36-78-68(90)50-82(2)70(92)51-97-61-26-18-54(19-27-61)62-28-24-58(79-62)48-60-25-29-63(86(60)73(75)76)65-13-7-47-98-65/h3-5,7,10-11,13-29,47-48H,6,8-9,12,30-46,49-52H2,1-2H3,(H3,77,78,80,88,89,90)/p+1. The van der Waals surface area contributed by atoms with Gasteiger partial charge in [0.1, 0.15) is 17.1 Å². The van der Waals surface area contributed by atoms with Crippen molar-refractivity contribution in [3.8, 4) is 17.0 Å². The number of nitrogens with zero attached hydrogens (tertiary/aromatic N) is 6. The van der Waals surface area contributed by atoms with Gasteiger partial charge >= 0.3 is 7.40 Å². The zero-order valence-corrected chi connectivity index (χ0v) is 56.2. The lowest BCUT2D eigenvalue weighted by atomic mass is 9.85. The SMILES string of the molecule is CN(CC(=O)NCCCOCCOCCOCCCNC(=O)CN(C)C(=O)COc1ccc(-c2ccc(/C=C3/C=CC(c4cccs4)=[N+]3B(F)F)[nH]2)cc1)C(=O)CCC(=O)Nc1ccc(CCN2CN(c3ccccc3)C3(CCN(CCCC(=O)c4ccc(F)cc4)CC3)C2=O)cc1. The average Bonchev–Trinajstić information content (AvgIpc) is 1.58. The molecule has 0 saturated carbocycles. The number of allylic oxidation sites excluding steroid dienone is 2. The summed E-state index contributed by atoms with van der Waals surface area (Å²) >= 11 is 1.40. The topological polar surface area (TPSA) is 228 Å². The number of likely N-dealkylation sites (tertiary alicyclic amines) is 1. The minimum absolute atomic E-state index is 0.00928. The van der Waals surface area contributed by atoms with Gasteiger partial charge in [0.15, 0.2) is 18.1 Å². The van der Waals surface area contributed by atoms with Gasteiger partial charge in [-0.15, -0.1) is 11.3 Å². The summed E-state index contributed by atoms with van der Waals surface area (Å²) in [5, 5.41) is 10.3. The number of anilines is 2. The van der Waals surface area contributed by atoms with Crippen molar-refractivity contribution >= 4 is 83.1 Å². The normalized spacial score (nSPS) is 14.7. The molecule has 0 bridgehead atoms. The number of nitrogens with one attached hydrogen (secondary N) is 4. The molecule has 2 fully saturated rings. The summed E-state index contributed by atoms with van der Waals surface area (Å²) in [6, 6.07) is 37.5. The Labute approximate surface area is 573 Å². The second-order valence-corrected chi connectivity index (χ2v) is 25.1. The molecule has 0 unspecified atom stereocenters. The number of thiophene rings is 1. The predicted molar refractivity (Wildman–Crippen MR) is 370 cm³/mol. The molecule has 26 heteroatoms. The third-order valence-electron chi connectivity index (χ3n) is 17.2. The fourth-order valence-corrected chi connectivity index (χ4v) is 12.5. The molecular formula is C72H85BF3N10O11S+. The van der Waals surface area contributed by atoms with Crippen LogP contribution in [0, 0.1) is 5.82 Å². The van der Waals surface area contributed by atoms with Crippen LogP contribution in [-0.2, 0) is 49.4 Å². The molecule has 0 atom stereocenters. The molecule has 3 aliphatic heterocycles. The molecule has 1 spiro atoms. The first kappa shape index (κ1) is 73.1. The Morgan fingerprint density at radius 3 is 1.99 bits per heavy atom. The van der Waals surface area contributed by atoms with Crippen LogP contribution in [0.15, 0.2) is 151 Å². The fraction of sp³-hybridized carbons (Fsp3) is 0.389. The van der Waals surface area contributed by atoms with Gasteiger partial charge in [0.2, 0.25) is 35.2 Å². The van der Waals surface area contributed by atoms with E-state index in [9.17, 15) is 46.6 Å². The Hall–Kier alpha value is -9.21. The first-order valence-electron chi connectivity index (χ1n) is 33.1. The Morgan fingerprint density at radius 2 is 1.35 bits per heavy atom. The van der Waals surface area contributed by atoms with Gasteiger partial charge in [-0.25, -0.2) is 17.5 Å². The van der Waals surface area contributed by atoms with Gasteiger partial charge in [-0.2, -0.15) is 0 Å². The molecule has 2 saturated heterocycles. The van der Waals surface area contributed by atoms with Crippen molar-refractivity contribution in [2.24, 2.45) is 0 Å². The number of halogens is 3. The number of hydrogen-bond acceptors (Lipinski definition) is 14. The summed E-state index contributed by atoms with van der Waals surface area (Å²) in [6.45, 7) is 5.51. The highest BCUT2D eigenvalue weighted by atomic mass is 32.1. The minimum atomic E-state index is -2.71. The highest BCUT2D eigenvalue weighted by Crippen LogP contribution is 2.40. The quantitative estimate of drug-likeness (QED) is 0.0163. The maximum Gasteiger partial charge on any atom is 0.935 e. The smallest absolute Gasteiger partial charge is 0.484 e. The van der Waals surface area contributed by atoms with Crippen molar-refractivity contribution in [2.45, 2.75) is 63.3 Å². The van der Waals surface area contributed by atoms with Crippen molar-refractivity contribution in [3.05, 3.63) is 178 Å². The fourth-order valence-electron chi connectivity index (χ4n) is 11.7. The van der Waals surface area contributed by atoms with E-state index >= 15 is 0 Å². The lowest BCUT2D eigenvalue weighted by molar-refractivity contribution is -0.339. The number of piperidine rings is 1. The van der Waals surface area contributed by atoms with Crippen molar-refractivity contribution in [1.29, 1.82) is 0 Å². The van der Waals surface area contributed by atoms with Crippen LogP contribution >= 0.6 is 11.3 Å². The van der Waals surface area contributed by atoms with Gasteiger partial charge in [-0.3, -0.25) is 33.6 Å². The Balaban J connectivity index is 0.546. The number of H-pyrrole nitrogens is 1. The lowest BCUT2D eigenvalue weighted by Gasteiger charge is -2.43. The number of carbonyl (C=O) groups is 7. The molecule has 98 heavy (non-hydrogen) atoms. The van der Waals surface area contributed by atoms with Crippen molar-refractivity contribution in [1.82, 2.24) is 35.2 Å². The summed E-state index contributed by atoms with van der Waals surface area (Å²) < 4.78 is 65.0. The zero-order chi connectivity index (χ0) is 69.2. The number of ether oxygens (including phenoxy) is 4. The molecule has 6 aromatic rings. The number of Topliss-reactive ketones (excluding diaryl/α,β-unsaturated/α-hetero) is 1. The molecule has 0 radical (unpaired) electrons. The number of likely N-dealkylation sites (N-methyl/N-ethyl adjacent to an activating group) is 2. The van der Waals surface area contributed by atoms with Crippen LogP contribution < -0.4 is 25.6 Å². The number of ketones is 1. The van der Waals surface area contributed by atoms with Gasteiger partial charge in [0.05, 0.1) is 51.1 Å². The maximum absolute atomic E-state index is 14.4. The average molecular weight is 1370 g/mol. The van der Waals surface area contributed by atoms with E-state index in [1.165, 1.54) is 59.5 Å². The molecule has 0 aliphatic carbocycles. The zero-order valence-electron chi connectivity index (χ0n) is 55.4. The summed E-state index contributed by atoms with van der Waals surface area (Å²) in [5.74, 6) is -1.52. The van der Waals surface area contributed by atoms with Crippen LogP contribution in [0.3, 0.4) is 0 Å². The van der Waals surface area contributed by atoms with E-state index in [4.69, 9.17) is 18.9 Å². The summed E-state index contributed by atoms with van der Waals surface area (Å²) in [5.41, 5.74) is 5.50. The predicted octanol–water partition coefficient (Wildman–Crippen LogP) is 8.34. The summed E-state index contributed by atoms with van der Waals surface area (Å²) in [6.07, 6.45) is 8.99. The van der Waals surface area contributed by atoms with E-state index in [2.05, 4.69) is 30.7 Å². The van der Waals surface area contributed by atoms with Crippen LogP contribution in [-0.4, -0.2) is 208 Å².